The Kier molecular flexibility index (Phi) is 5.75. The summed E-state index contributed by atoms with van der Waals surface area (Å²) in [4.78, 5) is 5.66. The molecule has 1 aromatic heterocycles. The molecular formula is C18H16F3N3S. The van der Waals surface area contributed by atoms with Crippen LogP contribution in [0.25, 0.3) is 10.5 Å². The number of imidazole rings is 1. The van der Waals surface area contributed by atoms with Gasteiger partial charge in [-0.05, 0) is 42.0 Å². The largest absolute Gasteiger partial charge is 0.406 e. The third-order valence-electron chi connectivity index (χ3n) is 3.29. The first-order chi connectivity index (χ1) is 11.7. The minimum Gasteiger partial charge on any atom is -0.328 e. The molecule has 25 heavy (non-hydrogen) atoms. The summed E-state index contributed by atoms with van der Waals surface area (Å²) >= 11 is 1.36. The Morgan fingerprint density at radius 3 is 2.44 bits per heavy atom. The highest BCUT2D eigenvalue weighted by atomic mass is 32.2. The highest BCUT2D eigenvalue weighted by molar-refractivity contribution is 8.11. The molecule has 0 saturated heterocycles. The van der Waals surface area contributed by atoms with Gasteiger partial charge in [-0.3, -0.25) is 0 Å². The van der Waals surface area contributed by atoms with E-state index in [9.17, 15) is 13.2 Å². The molecule has 1 heterocycles. The molecule has 2 aromatic rings. The minimum atomic E-state index is -4.30. The molecule has 0 fully saturated rings. The van der Waals surface area contributed by atoms with E-state index < -0.39 is 12.7 Å². The van der Waals surface area contributed by atoms with Crippen molar-refractivity contribution >= 4 is 22.2 Å². The third kappa shape index (κ3) is 5.26. The second-order valence-electron chi connectivity index (χ2n) is 5.49. The summed E-state index contributed by atoms with van der Waals surface area (Å²) in [5.74, 6) is 0. The van der Waals surface area contributed by atoms with Gasteiger partial charge in [0.25, 0.3) is 0 Å². The monoisotopic (exact) mass is 363 g/mol. The molecule has 0 aliphatic heterocycles. The molecule has 0 radical (unpaired) electrons. The maximum atomic E-state index is 12.6. The molecule has 0 unspecified atom stereocenters. The molecule has 0 bridgehead atoms. The first-order valence-corrected chi connectivity index (χ1v) is 8.15. The van der Waals surface area contributed by atoms with Crippen molar-refractivity contribution in [2.75, 3.05) is 0 Å². The van der Waals surface area contributed by atoms with E-state index in [-0.39, 0.29) is 0 Å². The molecule has 7 heteroatoms. The second-order valence-corrected chi connectivity index (χ2v) is 6.80. The average Bonchev–Trinajstić information content (AvgIpc) is 2.98. The Balaban J connectivity index is 2.44. The maximum absolute atomic E-state index is 12.6. The molecule has 3 nitrogen and oxygen atoms in total. The molecule has 2 rings (SSSR count). The first-order valence-electron chi connectivity index (χ1n) is 7.33. The lowest BCUT2D eigenvalue weighted by Gasteiger charge is -2.11. The first kappa shape index (κ1) is 18.9. The van der Waals surface area contributed by atoms with Gasteiger partial charge in [-0.25, -0.2) is 4.98 Å². The molecule has 0 aliphatic rings. The van der Waals surface area contributed by atoms with E-state index in [1.54, 1.807) is 24.3 Å². The van der Waals surface area contributed by atoms with Crippen LogP contribution in [0, 0.1) is 11.3 Å². The Bertz CT molecular complexity index is 840. The van der Waals surface area contributed by atoms with Gasteiger partial charge < -0.3 is 4.57 Å². The third-order valence-corrected chi connectivity index (χ3v) is 4.36. The standard InChI is InChI=1S/C18H16F3N3S/c1-12(2)25-17(13(3)15-6-4-14(8-22)5-7-15)16-9-24(11-23-16)10-18(19,20)21/h4-7,9,11H,1,10H2,2-3H3/b17-13+. The van der Waals surface area contributed by atoms with Crippen LogP contribution in [0.15, 0.2) is 48.3 Å². The van der Waals surface area contributed by atoms with E-state index in [1.165, 1.54) is 24.3 Å². The van der Waals surface area contributed by atoms with Crippen LogP contribution in [-0.4, -0.2) is 15.7 Å². The normalized spacial score (nSPS) is 12.5. The van der Waals surface area contributed by atoms with Crippen LogP contribution < -0.4 is 0 Å². The molecular weight excluding hydrogens is 347 g/mol. The average molecular weight is 363 g/mol. The van der Waals surface area contributed by atoms with Crippen LogP contribution in [0.4, 0.5) is 13.2 Å². The van der Waals surface area contributed by atoms with Crippen molar-refractivity contribution in [3.8, 4) is 6.07 Å². The van der Waals surface area contributed by atoms with Crippen molar-refractivity contribution in [3.05, 3.63) is 65.1 Å². The molecule has 1 aromatic carbocycles. The van der Waals surface area contributed by atoms with Crippen LogP contribution in [0.2, 0.25) is 0 Å². The van der Waals surface area contributed by atoms with E-state index in [2.05, 4.69) is 17.6 Å². The molecule has 0 amide bonds. The lowest BCUT2D eigenvalue weighted by molar-refractivity contribution is -0.140. The van der Waals surface area contributed by atoms with Crippen molar-refractivity contribution in [3.63, 3.8) is 0 Å². The van der Waals surface area contributed by atoms with Crippen LogP contribution in [0.5, 0.6) is 0 Å². The van der Waals surface area contributed by atoms with Gasteiger partial charge in [0, 0.05) is 11.1 Å². The number of thioether (sulfide) groups is 1. The van der Waals surface area contributed by atoms with Gasteiger partial charge in [0.15, 0.2) is 0 Å². The number of nitrogens with zero attached hydrogens (tertiary/aromatic N) is 3. The number of benzene rings is 1. The smallest absolute Gasteiger partial charge is 0.328 e. The number of hydrogen-bond donors (Lipinski definition) is 0. The molecule has 130 valence electrons. The number of nitriles is 1. The number of rotatable bonds is 5. The van der Waals surface area contributed by atoms with Gasteiger partial charge in [0.05, 0.1) is 23.7 Å². The van der Waals surface area contributed by atoms with Crippen molar-refractivity contribution < 1.29 is 13.2 Å². The summed E-state index contributed by atoms with van der Waals surface area (Å²) in [7, 11) is 0. The van der Waals surface area contributed by atoms with Crippen LogP contribution >= 0.6 is 11.8 Å². The quantitative estimate of drug-likeness (QED) is 0.707. The molecule has 0 atom stereocenters. The van der Waals surface area contributed by atoms with E-state index in [0.29, 0.717) is 11.3 Å². The Labute approximate surface area is 148 Å². The van der Waals surface area contributed by atoms with Crippen molar-refractivity contribution in [1.82, 2.24) is 9.55 Å². The lowest BCUT2D eigenvalue weighted by Crippen LogP contribution is -2.16. The fourth-order valence-electron chi connectivity index (χ4n) is 2.19. The van der Waals surface area contributed by atoms with Crippen molar-refractivity contribution in [2.24, 2.45) is 0 Å². The van der Waals surface area contributed by atoms with Gasteiger partial charge in [0.1, 0.15) is 6.54 Å². The number of aromatic nitrogens is 2. The van der Waals surface area contributed by atoms with Gasteiger partial charge in [-0.15, -0.1) is 0 Å². The van der Waals surface area contributed by atoms with Crippen molar-refractivity contribution in [2.45, 2.75) is 26.6 Å². The zero-order valence-corrected chi connectivity index (χ0v) is 14.6. The Morgan fingerprint density at radius 1 is 1.28 bits per heavy atom. The number of allylic oxidation sites excluding steroid dienone is 2. The topological polar surface area (TPSA) is 41.6 Å². The maximum Gasteiger partial charge on any atom is 0.406 e. The SMILES string of the molecule is C=C(C)S/C(=C(\C)c1ccc(C#N)cc1)c1cn(CC(F)(F)F)cn1. The van der Waals surface area contributed by atoms with Gasteiger partial charge in [0.2, 0.25) is 0 Å². The molecule has 0 aliphatic carbocycles. The van der Waals surface area contributed by atoms with Gasteiger partial charge in [-0.1, -0.05) is 30.5 Å². The zero-order chi connectivity index (χ0) is 18.6. The predicted octanol–water partition coefficient (Wildman–Crippen LogP) is 5.47. The fourth-order valence-corrected chi connectivity index (χ4v) is 3.02. The molecule has 0 spiro atoms. The second kappa shape index (κ2) is 7.62. The van der Waals surface area contributed by atoms with E-state index in [1.807, 2.05) is 13.8 Å². The fraction of sp³-hybridized carbons (Fsp3) is 0.222. The number of halogens is 3. The summed E-state index contributed by atoms with van der Waals surface area (Å²) in [6.07, 6.45) is -1.74. The van der Waals surface area contributed by atoms with Crippen LogP contribution in [0.1, 0.15) is 30.7 Å². The molecule has 0 N–H and O–H groups in total. The predicted molar refractivity (Wildman–Crippen MR) is 94.3 cm³/mol. The van der Waals surface area contributed by atoms with Gasteiger partial charge in [-0.2, -0.15) is 18.4 Å². The summed E-state index contributed by atoms with van der Waals surface area (Å²) in [5.41, 5.74) is 2.72. The minimum absolute atomic E-state index is 0.458. The molecule has 0 saturated carbocycles. The van der Waals surface area contributed by atoms with E-state index >= 15 is 0 Å². The van der Waals surface area contributed by atoms with Crippen molar-refractivity contribution in [1.29, 1.82) is 5.26 Å². The highest BCUT2D eigenvalue weighted by Gasteiger charge is 2.28. The highest BCUT2D eigenvalue weighted by Crippen LogP contribution is 2.38. The van der Waals surface area contributed by atoms with E-state index in [0.717, 1.165) is 25.5 Å². The lowest BCUT2D eigenvalue weighted by atomic mass is 10.0. The Morgan fingerprint density at radius 2 is 1.92 bits per heavy atom. The number of hydrogen-bond acceptors (Lipinski definition) is 3. The zero-order valence-electron chi connectivity index (χ0n) is 13.8. The summed E-state index contributed by atoms with van der Waals surface area (Å²) in [6, 6.07) is 9.06. The Hall–Kier alpha value is -2.46. The van der Waals surface area contributed by atoms with Crippen LogP contribution in [0.3, 0.4) is 0 Å². The summed E-state index contributed by atoms with van der Waals surface area (Å²) in [6.45, 7) is 6.47. The number of alkyl halides is 3. The van der Waals surface area contributed by atoms with E-state index in [4.69, 9.17) is 5.26 Å². The summed E-state index contributed by atoms with van der Waals surface area (Å²) in [5, 5.41) is 8.89. The van der Waals surface area contributed by atoms with Gasteiger partial charge >= 0.3 is 6.18 Å². The summed E-state index contributed by atoms with van der Waals surface area (Å²) < 4.78 is 38.7. The van der Waals surface area contributed by atoms with Crippen LogP contribution in [-0.2, 0) is 6.54 Å².